The highest BCUT2D eigenvalue weighted by atomic mass is 28.5. The molecule has 0 amide bonds. The monoisotopic (exact) mass is 322 g/mol. The first-order valence-corrected chi connectivity index (χ1v) is 13.8. The van der Waals surface area contributed by atoms with Crippen molar-refractivity contribution in [3.8, 4) is 0 Å². The molecule has 2 N–H and O–H groups in total. The summed E-state index contributed by atoms with van der Waals surface area (Å²) in [6.45, 7) is 7.29. The summed E-state index contributed by atoms with van der Waals surface area (Å²) in [6.07, 6.45) is -5.34. The highest BCUT2D eigenvalue weighted by Gasteiger charge is 2.45. The van der Waals surface area contributed by atoms with Crippen molar-refractivity contribution in [3.63, 3.8) is 0 Å². The van der Waals surface area contributed by atoms with Gasteiger partial charge >= 0.3 is 31.9 Å². The summed E-state index contributed by atoms with van der Waals surface area (Å²) in [5, 5.41) is 0. The van der Waals surface area contributed by atoms with Crippen LogP contribution < -0.4 is 0 Å². The van der Waals surface area contributed by atoms with Crippen molar-refractivity contribution in [1.29, 1.82) is 0 Å². The van der Waals surface area contributed by atoms with Gasteiger partial charge in [-0.3, -0.25) is 0 Å². The molecule has 0 aliphatic carbocycles. The fraction of sp³-hybridized carbons (Fsp3) is 1.00. The number of alkyl halides is 3. The Morgan fingerprint density at radius 3 is 1.44 bits per heavy atom. The van der Waals surface area contributed by atoms with Gasteiger partial charge in [-0.2, -0.15) is 13.2 Å². The van der Waals surface area contributed by atoms with Crippen LogP contribution in [0, 0.1) is 0 Å². The molecule has 0 aromatic carbocycles. The highest BCUT2D eigenvalue weighted by Crippen LogP contribution is 2.30. The maximum Gasteiger partial charge on any atom is 0.389 e. The summed E-state index contributed by atoms with van der Waals surface area (Å²) in [5.74, 6) is 0. The molecule has 0 radical (unpaired) electrons. The molecule has 0 rings (SSSR count). The molecule has 0 spiro atoms. The molecule has 0 aliphatic heterocycles. The Kier molecular flexibility index (Phi) is 5.82. The van der Waals surface area contributed by atoms with Crippen LogP contribution in [-0.2, 0) is 8.23 Å². The predicted molar refractivity (Wildman–Crippen MR) is 68.7 cm³/mol. The van der Waals surface area contributed by atoms with E-state index in [1.165, 1.54) is 32.7 Å². The second-order valence-electron chi connectivity index (χ2n) is 5.35. The first-order chi connectivity index (χ1) is 7.62. The zero-order chi connectivity index (χ0) is 14.8. The molecule has 0 unspecified atom stereocenters. The van der Waals surface area contributed by atoms with Crippen LogP contribution in [-0.4, -0.2) is 41.5 Å². The standard InChI is InChI=1S/C8H21F3O4Si3/c1-16(2,12)14-18(5,15-17(3,4)13)7-6-8(9,10)11/h12-13H,6-7H2,1-5H3. The molecule has 0 fully saturated rings. The fourth-order valence-electron chi connectivity index (χ4n) is 1.55. The minimum Gasteiger partial charge on any atom is -0.415 e. The van der Waals surface area contributed by atoms with Gasteiger partial charge in [0.2, 0.25) is 0 Å². The number of rotatable bonds is 6. The van der Waals surface area contributed by atoms with Crippen molar-refractivity contribution in [2.24, 2.45) is 0 Å². The van der Waals surface area contributed by atoms with Crippen LogP contribution >= 0.6 is 0 Å². The van der Waals surface area contributed by atoms with E-state index in [4.69, 9.17) is 8.23 Å². The van der Waals surface area contributed by atoms with Gasteiger partial charge in [-0.15, -0.1) is 0 Å². The van der Waals surface area contributed by atoms with E-state index in [1.54, 1.807) is 0 Å². The molecule has 0 saturated carbocycles. The molecule has 10 heteroatoms. The maximum absolute atomic E-state index is 12.3. The van der Waals surface area contributed by atoms with Crippen molar-refractivity contribution in [2.75, 3.05) is 0 Å². The van der Waals surface area contributed by atoms with E-state index in [0.717, 1.165) is 0 Å². The average Bonchev–Trinajstić information content (AvgIpc) is 1.91. The first-order valence-electron chi connectivity index (χ1n) is 5.54. The lowest BCUT2D eigenvalue weighted by molar-refractivity contribution is -0.131. The summed E-state index contributed by atoms with van der Waals surface area (Å²) in [6, 6.07) is -0.329. The average molecular weight is 323 g/mol. The van der Waals surface area contributed by atoms with Gasteiger partial charge in [0.25, 0.3) is 0 Å². The topological polar surface area (TPSA) is 58.9 Å². The van der Waals surface area contributed by atoms with Crippen LogP contribution in [0.2, 0.25) is 38.8 Å². The SMILES string of the molecule is C[Si](C)(O)O[Si](C)(CCC(F)(F)F)O[Si](C)(C)O. The van der Waals surface area contributed by atoms with Gasteiger partial charge < -0.3 is 17.8 Å². The van der Waals surface area contributed by atoms with Crippen molar-refractivity contribution < 1.29 is 31.0 Å². The Morgan fingerprint density at radius 2 is 1.22 bits per heavy atom. The minimum absolute atomic E-state index is 0.329. The molecule has 110 valence electrons. The lowest BCUT2D eigenvalue weighted by Gasteiger charge is -2.36. The molecule has 0 atom stereocenters. The van der Waals surface area contributed by atoms with E-state index in [-0.39, 0.29) is 6.04 Å². The zero-order valence-electron chi connectivity index (χ0n) is 11.3. The minimum atomic E-state index is -4.30. The molecule has 0 bridgehead atoms. The van der Waals surface area contributed by atoms with Gasteiger partial charge in [0.1, 0.15) is 0 Å². The Labute approximate surface area is 108 Å². The van der Waals surface area contributed by atoms with Crippen LogP contribution in [0.1, 0.15) is 6.42 Å². The largest absolute Gasteiger partial charge is 0.415 e. The molecular formula is C8H21F3O4Si3. The molecule has 0 aliphatic rings. The summed E-state index contributed by atoms with van der Waals surface area (Å²) >= 11 is 0. The molecule has 4 nitrogen and oxygen atoms in total. The molecule has 0 aromatic rings. The van der Waals surface area contributed by atoms with Crippen LogP contribution in [0.4, 0.5) is 13.2 Å². The smallest absolute Gasteiger partial charge is 0.389 e. The van der Waals surface area contributed by atoms with E-state index in [0.29, 0.717) is 0 Å². The van der Waals surface area contributed by atoms with Crippen molar-refractivity contribution in [3.05, 3.63) is 0 Å². The predicted octanol–water partition coefficient (Wildman–Crippen LogP) is 2.43. The van der Waals surface area contributed by atoms with Crippen LogP contribution in [0.25, 0.3) is 0 Å². The highest BCUT2D eigenvalue weighted by molar-refractivity contribution is 6.84. The van der Waals surface area contributed by atoms with Gasteiger partial charge in [-0.25, -0.2) is 0 Å². The summed E-state index contributed by atoms with van der Waals surface area (Å²) in [7, 11) is -9.24. The van der Waals surface area contributed by atoms with E-state index in [1.807, 2.05) is 0 Å². The molecular weight excluding hydrogens is 301 g/mol. The van der Waals surface area contributed by atoms with Gasteiger partial charge in [-0.05, 0) is 38.8 Å². The molecule has 18 heavy (non-hydrogen) atoms. The quantitative estimate of drug-likeness (QED) is 0.738. The van der Waals surface area contributed by atoms with Gasteiger partial charge in [0.15, 0.2) is 0 Å². The lowest BCUT2D eigenvalue weighted by Crippen LogP contribution is -2.54. The van der Waals surface area contributed by atoms with Crippen LogP contribution in [0.5, 0.6) is 0 Å². The third kappa shape index (κ3) is 10.2. The number of hydrogen-bond donors (Lipinski definition) is 2. The Balaban J connectivity index is 4.81. The summed E-state index contributed by atoms with van der Waals surface area (Å²) in [4.78, 5) is 19.4. The maximum atomic E-state index is 12.3. The van der Waals surface area contributed by atoms with E-state index in [2.05, 4.69) is 0 Å². The van der Waals surface area contributed by atoms with Gasteiger partial charge in [0, 0.05) is 6.42 Å². The fourth-order valence-corrected chi connectivity index (χ4v) is 12.1. The van der Waals surface area contributed by atoms with E-state index < -0.39 is 38.3 Å². The Morgan fingerprint density at radius 1 is 0.889 bits per heavy atom. The van der Waals surface area contributed by atoms with E-state index >= 15 is 0 Å². The van der Waals surface area contributed by atoms with Gasteiger partial charge in [-0.1, -0.05) is 0 Å². The normalized spacial score (nSPS) is 15.0. The zero-order valence-corrected chi connectivity index (χ0v) is 14.3. The Hall–Kier alpha value is 0.281. The number of halogens is 3. The number of hydrogen-bond acceptors (Lipinski definition) is 4. The summed E-state index contributed by atoms with van der Waals surface area (Å²) in [5.41, 5.74) is 0. The molecule has 0 aromatic heterocycles. The van der Waals surface area contributed by atoms with Crippen LogP contribution in [0.3, 0.4) is 0 Å². The second kappa shape index (κ2) is 5.73. The van der Waals surface area contributed by atoms with Gasteiger partial charge in [0.05, 0.1) is 0 Å². The molecule has 0 heterocycles. The van der Waals surface area contributed by atoms with Crippen LogP contribution in [0.15, 0.2) is 0 Å². The molecule has 0 saturated heterocycles. The third-order valence-corrected chi connectivity index (χ3v) is 10.4. The van der Waals surface area contributed by atoms with Crippen molar-refractivity contribution in [2.45, 2.75) is 51.4 Å². The third-order valence-electron chi connectivity index (χ3n) is 1.79. The van der Waals surface area contributed by atoms with Crippen molar-refractivity contribution in [1.82, 2.24) is 0 Å². The summed E-state index contributed by atoms with van der Waals surface area (Å²) < 4.78 is 47.5. The Bertz CT molecular complexity index is 256. The van der Waals surface area contributed by atoms with E-state index in [9.17, 15) is 22.8 Å². The van der Waals surface area contributed by atoms with Crippen molar-refractivity contribution >= 4 is 25.7 Å². The first kappa shape index (κ1) is 18.3. The lowest BCUT2D eigenvalue weighted by atomic mass is 10.5. The second-order valence-corrected chi connectivity index (χ2v) is 15.5.